The second-order valence-corrected chi connectivity index (χ2v) is 8.14. The summed E-state index contributed by atoms with van der Waals surface area (Å²) in [6.45, 7) is 10.0. The van der Waals surface area contributed by atoms with Crippen LogP contribution in [0.5, 0.6) is 0 Å². The smallest absolute Gasteiger partial charge is 0.185 e. The maximum Gasteiger partial charge on any atom is 0.185 e. The lowest BCUT2D eigenvalue weighted by Crippen LogP contribution is -2.25. The molecule has 4 heteroatoms. The Balaban J connectivity index is 1.76. The molecule has 3 nitrogen and oxygen atoms in total. The molecular weight excluding hydrogens is 254 g/mol. The molecule has 0 bridgehead atoms. The topological polar surface area (TPSA) is 42.2 Å². The first-order valence-corrected chi connectivity index (χ1v) is 8.25. The van der Waals surface area contributed by atoms with E-state index < -0.39 is 0 Å². The van der Waals surface area contributed by atoms with Gasteiger partial charge in [0.05, 0.1) is 5.69 Å². The van der Waals surface area contributed by atoms with Crippen LogP contribution >= 0.6 is 11.3 Å². The number of hydrogen-bond donors (Lipinski definition) is 1. The predicted octanol–water partition coefficient (Wildman–Crippen LogP) is 3.35. The molecule has 3 rings (SSSR count). The maximum atomic E-state index is 5.88. The standard InChI is InChI=1S/C15H25N3S/c1-15(2,3)11-6-7-18(9-11)14-17-13(10-4-5-10)12(8-16)19-14/h10-11H,4-9,16H2,1-3H3. The van der Waals surface area contributed by atoms with E-state index in [1.165, 1.54) is 35.0 Å². The van der Waals surface area contributed by atoms with Crippen molar-refractivity contribution in [1.82, 2.24) is 4.98 Å². The van der Waals surface area contributed by atoms with E-state index in [9.17, 15) is 0 Å². The summed E-state index contributed by atoms with van der Waals surface area (Å²) in [5.74, 6) is 1.49. The minimum atomic E-state index is 0.405. The third-order valence-electron chi connectivity index (χ3n) is 4.55. The molecule has 0 spiro atoms. The minimum Gasteiger partial charge on any atom is -0.348 e. The molecular formula is C15H25N3S. The number of nitrogens with zero attached hydrogens (tertiary/aromatic N) is 2. The fourth-order valence-electron chi connectivity index (χ4n) is 2.95. The van der Waals surface area contributed by atoms with Gasteiger partial charge in [-0.1, -0.05) is 20.8 Å². The van der Waals surface area contributed by atoms with Crippen LogP contribution in [0.3, 0.4) is 0 Å². The lowest BCUT2D eigenvalue weighted by atomic mass is 9.80. The van der Waals surface area contributed by atoms with E-state index in [0.717, 1.165) is 19.0 Å². The van der Waals surface area contributed by atoms with Crippen LogP contribution < -0.4 is 10.6 Å². The molecule has 2 aliphatic rings. The Morgan fingerprint density at radius 2 is 2.05 bits per heavy atom. The average molecular weight is 279 g/mol. The molecule has 2 N–H and O–H groups in total. The van der Waals surface area contributed by atoms with Crippen LogP contribution in [0, 0.1) is 11.3 Å². The van der Waals surface area contributed by atoms with Gasteiger partial charge < -0.3 is 10.6 Å². The summed E-state index contributed by atoms with van der Waals surface area (Å²) in [5, 5.41) is 1.22. The zero-order valence-electron chi connectivity index (χ0n) is 12.3. The van der Waals surface area contributed by atoms with Gasteiger partial charge in [-0.25, -0.2) is 4.98 Å². The van der Waals surface area contributed by atoms with E-state index in [-0.39, 0.29) is 0 Å². The highest BCUT2D eigenvalue weighted by Gasteiger charge is 2.35. The van der Waals surface area contributed by atoms with Crippen LogP contribution in [0.2, 0.25) is 0 Å². The monoisotopic (exact) mass is 279 g/mol. The Bertz CT molecular complexity index is 456. The summed E-state index contributed by atoms with van der Waals surface area (Å²) in [7, 11) is 0. The van der Waals surface area contributed by atoms with Crippen molar-refractivity contribution in [3.63, 3.8) is 0 Å². The van der Waals surface area contributed by atoms with Gasteiger partial charge in [0.25, 0.3) is 0 Å². The molecule has 0 aromatic carbocycles. The Hall–Kier alpha value is -0.610. The van der Waals surface area contributed by atoms with Crippen molar-refractivity contribution in [2.45, 2.75) is 52.5 Å². The number of thiazole rings is 1. The molecule has 1 unspecified atom stereocenters. The maximum absolute atomic E-state index is 5.88. The number of anilines is 1. The molecule has 1 saturated carbocycles. The molecule has 1 atom stereocenters. The SMILES string of the molecule is CC(C)(C)C1CCN(c2nc(C3CC3)c(CN)s2)C1. The van der Waals surface area contributed by atoms with Crippen molar-refractivity contribution in [1.29, 1.82) is 0 Å². The molecule has 0 amide bonds. The van der Waals surface area contributed by atoms with Gasteiger partial charge in [-0.05, 0) is 30.6 Å². The highest BCUT2D eigenvalue weighted by molar-refractivity contribution is 7.15. The summed E-state index contributed by atoms with van der Waals surface area (Å²) in [5.41, 5.74) is 7.59. The van der Waals surface area contributed by atoms with E-state index in [1.54, 1.807) is 0 Å². The van der Waals surface area contributed by atoms with Crippen LogP contribution in [0.15, 0.2) is 0 Å². The van der Waals surface area contributed by atoms with Gasteiger partial charge in [0.2, 0.25) is 0 Å². The van der Waals surface area contributed by atoms with Crippen LogP contribution in [0.4, 0.5) is 5.13 Å². The van der Waals surface area contributed by atoms with Gasteiger partial charge >= 0.3 is 0 Å². The van der Waals surface area contributed by atoms with Crippen molar-refractivity contribution in [2.24, 2.45) is 17.1 Å². The Morgan fingerprint density at radius 1 is 1.32 bits per heavy atom. The molecule has 1 aliphatic heterocycles. The third kappa shape index (κ3) is 2.65. The van der Waals surface area contributed by atoms with Gasteiger partial charge in [0, 0.05) is 30.4 Å². The summed E-state index contributed by atoms with van der Waals surface area (Å²) in [4.78, 5) is 8.70. The van der Waals surface area contributed by atoms with E-state index in [4.69, 9.17) is 10.7 Å². The Labute approximate surface area is 120 Å². The number of rotatable bonds is 3. The Morgan fingerprint density at radius 3 is 2.58 bits per heavy atom. The van der Waals surface area contributed by atoms with Crippen molar-refractivity contribution < 1.29 is 0 Å². The largest absolute Gasteiger partial charge is 0.348 e. The van der Waals surface area contributed by atoms with Gasteiger partial charge in [-0.2, -0.15) is 0 Å². The minimum absolute atomic E-state index is 0.405. The highest BCUT2D eigenvalue weighted by Crippen LogP contribution is 2.45. The molecule has 0 radical (unpaired) electrons. The average Bonchev–Trinajstić information content (AvgIpc) is 2.92. The van der Waals surface area contributed by atoms with E-state index in [2.05, 4.69) is 25.7 Å². The first-order chi connectivity index (χ1) is 8.99. The molecule has 19 heavy (non-hydrogen) atoms. The summed E-state index contributed by atoms with van der Waals surface area (Å²) in [6.07, 6.45) is 3.90. The summed E-state index contributed by atoms with van der Waals surface area (Å²) in [6, 6.07) is 0. The van der Waals surface area contributed by atoms with Crippen molar-refractivity contribution >= 4 is 16.5 Å². The summed E-state index contributed by atoms with van der Waals surface area (Å²) >= 11 is 1.83. The Kier molecular flexibility index (Phi) is 3.34. The first kappa shape index (κ1) is 13.4. The van der Waals surface area contributed by atoms with Crippen molar-refractivity contribution in [2.75, 3.05) is 18.0 Å². The van der Waals surface area contributed by atoms with Gasteiger partial charge in [0.1, 0.15) is 0 Å². The lowest BCUT2D eigenvalue weighted by Gasteiger charge is -2.26. The van der Waals surface area contributed by atoms with Crippen LogP contribution in [0.1, 0.15) is 56.5 Å². The zero-order chi connectivity index (χ0) is 13.6. The first-order valence-electron chi connectivity index (χ1n) is 7.43. The van der Waals surface area contributed by atoms with E-state index in [0.29, 0.717) is 17.9 Å². The number of hydrogen-bond acceptors (Lipinski definition) is 4. The molecule has 2 heterocycles. The second kappa shape index (κ2) is 4.74. The van der Waals surface area contributed by atoms with Crippen molar-refractivity contribution in [3.8, 4) is 0 Å². The van der Waals surface area contributed by atoms with Gasteiger partial charge in [-0.15, -0.1) is 11.3 Å². The van der Waals surface area contributed by atoms with E-state index >= 15 is 0 Å². The summed E-state index contributed by atoms with van der Waals surface area (Å²) < 4.78 is 0. The highest BCUT2D eigenvalue weighted by atomic mass is 32.1. The van der Waals surface area contributed by atoms with Crippen LogP contribution in [-0.4, -0.2) is 18.1 Å². The molecule has 1 saturated heterocycles. The van der Waals surface area contributed by atoms with E-state index in [1.807, 2.05) is 11.3 Å². The molecule has 2 fully saturated rings. The molecule has 1 aliphatic carbocycles. The van der Waals surface area contributed by atoms with Crippen LogP contribution in [-0.2, 0) is 6.54 Å². The fraction of sp³-hybridized carbons (Fsp3) is 0.800. The third-order valence-corrected chi connectivity index (χ3v) is 5.70. The van der Waals surface area contributed by atoms with Crippen LogP contribution in [0.25, 0.3) is 0 Å². The zero-order valence-corrected chi connectivity index (χ0v) is 13.1. The van der Waals surface area contributed by atoms with Gasteiger partial charge in [-0.3, -0.25) is 0 Å². The molecule has 1 aromatic heterocycles. The quantitative estimate of drug-likeness (QED) is 0.922. The number of aromatic nitrogens is 1. The van der Waals surface area contributed by atoms with Crippen molar-refractivity contribution in [3.05, 3.63) is 10.6 Å². The second-order valence-electron chi connectivity index (χ2n) is 7.08. The van der Waals surface area contributed by atoms with Gasteiger partial charge in [0.15, 0.2) is 5.13 Å². The predicted molar refractivity (Wildman–Crippen MR) is 81.8 cm³/mol. The lowest BCUT2D eigenvalue weighted by molar-refractivity contribution is 0.263. The number of nitrogens with two attached hydrogens (primary N) is 1. The normalized spacial score (nSPS) is 24.2. The molecule has 1 aromatic rings. The molecule has 106 valence electrons. The fourth-order valence-corrected chi connectivity index (χ4v) is 4.01.